The number of rotatable bonds is 4. The summed E-state index contributed by atoms with van der Waals surface area (Å²) in [5, 5.41) is 0. The van der Waals surface area contributed by atoms with E-state index in [2.05, 4.69) is 0 Å². The number of nitrogens with zero attached hydrogens (tertiary/aromatic N) is 1. The molecule has 0 bridgehead atoms. The normalized spacial score (nSPS) is 15.4. The third-order valence-electron chi connectivity index (χ3n) is 4.96. The number of hydrogen-bond donors (Lipinski definition) is 0. The van der Waals surface area contributed by atoms with Gasteiger partial charge in [-0.1, -0.05) is 36.4 Å². The molecule has 4 heteroatoms. The molecule has 1 heterocycles. The third-order valence-corrected chi connectivity index (χ3v) is 4.96. The van der Waals surface area contributed by atoms with Gasteiger partial charge in [0.25, 0.3) is 5.91 Å². The zero-order valence-electron chi connectivity index (χ0n) is 15.4. The van der Waals surface area contributed by atoms with Crippen LogP contribution in [0.2, 0.25) is 0 Å². The van der Waals surface area contributed by atoms with Crippen molar-refractivity contribution in [2.24, 2.45) is 0 Å². The van der Waals surface area contributed by atoms with E-state index in [1.54, 1.807) is 6.07 Å². The Kier molecular flexibility index (Phi) is 5.71. The molecule has 0 spiro atoms. The SMILES string of the molecule is Cc1ccc(C(=O)O[C@@H](C(=O)N2CCCCC2)c2ccccc2)cc1C. The smallest absolute Gasteiger partial charge is 0.339 e. The lowest BCUT2D eigenvalue weighted by Gasteiger charge is -2.30. The fraction of sp³-hybridized carbons (Fsp3) is 0.364. The summed E-state index contributed by atoms with van der Waals surface area (Å²) >= 11 is 0. The van der Waals surface area contributed by atoms with E-state index >= 15 is 0 Å². The van der Waals surface area contributed by atoms with Gasteiger partial charge in [0.1, 0.15) is 0 Å². The van der Waals surface area contributed by atoms with Gasteiger partial charge in [0.2, 0.25) is 6.10 Å². The first-order valence-electron chi connectivity index (χ1n) is 9.18. The van der Waals surface area contributed by atoms with Crippen molar-refractivity contribution >= 4 is 11.9 Å². The number of ether oxygens (including phenoxy) is 1. The lowest BCUT2D eigenvalue weighted by atomic mass is 10.0. The van der Waals surface area contributed by atoms with Gasteiger partial charge in [-0.3, -0.25) is 4.79 Å². The third kappa shape index (κ3) is 4.13. The van der Waals surface area contributed by atoms with Gasteiger partial charge >= 0.3 is 5.97 Å². The number of carbonyl (C=O) groups is 2. The van der Waals surface area contributed by atoms with E-state index in [4.69, 9.17) is 4.74 Å². The van der Waals surface area contributed by atoms with Crippen LogP contribution in [0.4, 0.5) is 0 Å². The molecule has 136 valence electrons. The average Bonchev–Trinajstić information content (AvgIpc) is 2.69. The van der Waals surface area contributed by atoms with Crippen LogP contribution in [0, 0.1) is 13.8 Å². The van der Waals surface area contributed by atoms with Crippen molar-refractivity contribution in [1.29, 1.82) is 0 Å². The zero-order valence-corrected chi connectivity index (χ0v) is 15.4. The first-order chi connectivity index (χ1) is 12.6. The summed E-state index contributed by atoms with van der Waals surface area (Å²) in [6, 6.07) is 14.7. The van der Waals surface area contributed by atoms with E-state index in [1.807, 2.05) is 61.2 Å². The second kappa shape index (κ2) is 8.17. The van der Waals surface area contributed by atoms with Crippen molar-refractivity contribution in [3.05, 3.63) is 70.8 Å². The summed E-state index contributed by atoms with van der Waals surface area (Å²) < 4.78 is 5.70. The monoisotopic (exact) mass is 351 g/mol. The van der Waals surface area contributed by atoms with E-state index < -0.39 is 12.1 Å². The Balaban J connectivity index is 1.84. The molecule has 0 radical (unpaired) electrons. The maximum atomic E-state index is 13.0. The highest BCUT2D eigenvalue weighted by atomic mass is 16.5. The van der Waals surface area contributed by atoms with Crippen molar-refractivity contribution in [2.45, 2.75) is 39.2 Å². The number of hydrogen-bond acceptors (Lipinski definition) is 3. The quantitative estimate of drug-likeness (QED) is 0.775. The summed E-state index contributed by atoms with van der Waals surface area (Å²) in [6.45, 7) is 5.41. The minimum atomic E-state index is -0.900. The molecular formula is C22H25NO3. The number of benzene rings is 2. The molecule has 0 saturated carbocycles. The molecule has 1 fully saturated rings. The van der Waals surface area contributed by atoms with Crippen LogP contribution in [0.1, 0.15) is 52.4 Å². The number of aryl methyl sites for hydroxylation is 2. The number of amides is 1. The van der Waals surface area contributed by atoms with Gasteiger partial charge < -0.3 is 9.64 Å². The Labute approximate surface area is 154 Å². The van der Waals surface area contributed by atoms with E-state index in [-0.39, 0.29) is 5.91 Å². The molecule has 1 aliphatic heterocycles. The van der Waals surface area contributed by atoms with Gasteiger partial charge in [0, 0.05) is 18.7 Å². The number of piperidine rings is 1. The zero-order chi connectivity index (χ0) is 18.5. The Morgan fingerprint density at radius 2 is 1.62 bits per heavy atom. The van der Waals surface area contributed by atoms with Crippen molar-refractivity contribution < 1.29 is 14.3 Å². The van der Waals surface area contributed by atoms with E-state index in [0.717, 1.165) is 43.5 Å². The molecule has 0 unspecified atom stereocenters. The van der Waals surface area contributed by atoms with Crippen LogP contribution in [0.15, 0.2) is 48.5 Å². The Hall–Kier alpha value is -2.62. The predicted octanol–water partition coefficient (Wildman–Crippen LogP) is 4.21. The second-order valence-corrected chi connectivity index (χ2v) is 6.88. The standard InChI is InChI=1S/C22H25NO3/c1-16-11-12-19(15-17(16)2)22(25)26-20(18-9-5-3-6-10-18)21(24)23-13-7-4-8-14-23/h3,5-6,9-12,15,20H,4,7-8,13-14H2,1-2H3/t20-/m1/s1. The maximum Gasteiger partial charge on any atom is 0.339 e. The Bertz CT molecular complexity index is 779. The highest BCUT2D eigenvalue weighted by Crippen LogP contribution is 2.24. The predicted molar refractivity (Wildman–Crippen MR) is 101 cm³/mol. The molecular weight excluding hydrogens is 326 g/mol. The molecule has 26 heavy (non-hydrogen) atoms. The first kappa shape index (κ1) is 18.2. The largest absolute Gasteiger partial charge is 0.444 e. The number of likely N-dealkylation sites (tertiary alicyclic amines) is 1. The average molecular weight is 351 g/mol. The highest BCUT2D eigenvalue weighted by molar-refractivity contribution is 5.93. The summed E-state index contributed by atoms with van der Waals surface area (Å²) in [4.78, 5) is 27.5. The van der Waals surface area contributed by atoms with Gasteiger partial charge in [-0.05, 0) is 56.4 Å². The van der Waals surface area contributed by atoms with Crippen LogP contribution in [0.25, 0.3) is 0 Å². The maximum absolute atomic E-state index is 13.0. The van der Waals surface area contributed by atoms with Crippen LogP contribution >= 0.6 is 0 Å². The van der Waals surface area contributed by atoms with Gasteiger partial charge in [0.05, 0.1) is 5.56 Å². The van der Waals surface area contributed by atoms with E-state index in [1.165, 1.54) is 0 Å². The Morgan fingerprint density at radius 3 is 2.27 bits per heavy atom. The highest BCUT2D eigenvalue weighted by Gasteiger charge is 2.30. The summed E-state index contributed by atoms with van der Waals surface area (Å²) in [5.41, 5.74) is 3.32. The minimum absolute atomic E-state index is 0.131. The molecule has 1 saturated heterocycles. The van der Waals surface area contributed by atoms with Crippen molar-refractivity contribution in [2.75, 3.05) is 13.1 Å². The lowest BCUT2D eigenvalue weighted by molar-refractivity contribution is -0.142. The van der Waals surface area contributed by atoms with Crippen LogP contribution in [0.3, 0.4) is 0 Å². The van der Waals surface area contributed by atoms with Gasteiger partial charge in [0.15, 0.2) is 0 Å². The van der Waals surface area contributed by atoms with Crippen LogP contribution in [0.5, 0.6) is 0 Å². The van der Waals surface area contributed by atoms with E-state index in [0.29, 0.717) is 11.1 Å². The summed E-state index contributed by atoms with van der Waals surface area (Å²) in [7, 11) is 0. The Morgan fingerprint density at radius 1 is 0.923 bits per heavy atom. The lowest BCUT2D eigenvalue weighted by Crippen LogP contribution is -2.40. The van der Waals surface area contributed by atoms with Crippen LogP contribution in [-0.2, 0) is 9.53 Å². The molecule has 1 amide bonds. The topological polar surface area (TPSA) is 46.6 Å². The molecule has 0 aliphatic carbocycles. The molecule has 2 aromatic rings. The fourth-order valence-corrected chi connectivity index (χ4v) is 3.21. The summed E-state index contributed by atoms with van der Waals surface area (Å²) in [5.74, 6) is -0.597. The summed E-state index contributed by atoms with van der Waals surface area (Å²) in [6.07, 6.45) is 2.24. The van der Waals surface area contributed by atoms with Gasteiger partial charge in [-0.2, -0.15) is 0 Å². The van der Waals surface area contributed by atoms with Crippen LogP contribution in [-0.4, -0.2) is 29.9 Å². The minimum Gasteiger partial charge on any atom is -0.444 e. The van der Waals surface area contributed by atoms with E-state index in [9.17, 15) is 9.59 Å². The molecule has 3 rings (SSSR count). The first-order valence-corrected chi connectivity index (χ1v) is 9.18. The van der Waals surface area contributed by atoms with Crippen molar-refractivity contribution in [3.8, 4) is 0 Å². The van der Waals surface area contributed by atoms with Crippen LogP contribution < -0.4 is 0 Å². The second-order valence-electron chi connectivity index (χ2n) is 6.88. The fourth-order valence-electron chi connectivity index (χ4n) is 3.21. The number of carbonyl (C=O) groups excluding carboxylic acids is 2. The molecule has 1 aliphatic rings. The molecule has 1 atom stereocenters. The van der Waals surface area contributed by atoms with Crippen molar-refractivity contribution in [3.63, 3.8) is 0 Å². The molecule has 0 N–H and O–H groups in total. The van der Waals surface area contributed by atoms with Gasteiger partial charge in [-0.15, -0.1) is 0 Å². The van der Waals surface area contributed by atoms with Crippen molar-refractivity contribution in [1.82, 2.24) is 4.90 Å². The number of esters is 1. The molecule has 0 aromatic heterocycles. The molecule has 2 aromatic carbocycles. The van der Waals surface area contributed by atoms with Gasteiger partial charge in [-0.25, -0.2) is 4.79 Å². The molecule has 4 nitrogen and oxygen atoms in total.